The van der Waals surface area contributed by atoms with Gasteiger partial charge >= 0.3 is 0 Å². The molecule has 1 aromatic carbocycles. The Balaban J connectivity index is 1.79. The van der Waals surface area contributed by atoms with E-state index in [4.69, 9.17) is 5.73 Å². The van der Waals surface area contributed by atoms with Crippen molar-refractivity contribution >= 4 is 5.91 Å². The minimum Gasteiger partial charge on any atom is -0.387 e. The number of aliphatic hydroxyl groups excluding tert-OH is 1. The van der Waals surface area contributed by atoms with E-state index in [0.29, 0.717) is 13.0 Å². The molecule has 98 valence electrons. The first-order chi connectivity index (χ1) is 8.66. The number of benzene rings is 1. The van der Waals surface area contributed by atoms with E-state index < -0.39 is 6.10 Å². The van der Waals surface area contributed by atoms with E-state index >= 15 is 0 Å². The molecule has 5 N–H and O–H groups in total. The Morgan fingerprint density at radius 3 is 2.83 bits per heavy atom. The maximum Gasteiger partial charge on any atom is 0.237 e. The van der Waals surface area contributed by atoms with Crippen molar-refractivity contribution in [1.29, 1.82) is 0 Å². The first-order valence-electron chi connectivity index (χ1n) is 6.16. The third kappa shape index (κ3) is 3.29. The van der Waals surface area contributed by atoms with Crippen molar-refractivity contribution in [2.45, 2.75) is 24.6 Å². The van der Waals surface area contributed by atoms with Crippen LogP contribution in [0.1, 0.15) is 18.1 Å². The number of aliphatic hydroxyl groups is 1. The Labute approximate surface area is 106 Å². The monoisotopic (exact) mass is 249 g/mol. The molecule has 1 fully saturated rings. The van der Waals surface area contributed by atoms with Crippen LogP contribution in [0.5, 0.6) is 0 Å². The fourth-order valence-corrected chi connectivity index (χ4v) is 2.08. The molecule has 0 spiro atoms. The number of amides is 1. The molecular formula is C13H19N3O2. The fourth-order valence-electron chi connectivity index (χ4n) is 2.08. The van der Waals surface area contributed by atoms with Crippen LogP contribution in [0.2, 0.25) is 0 Å². The molecule has 2 rings (SSSR count). The van der Waals surface area contributed by atoms with Gasteiger partial charge in [0, 0.05) is 19.1 Å². The average Bonchev–Trinajstić information content (AvgIpc) is 2.83. The largest absolute Gasteiger partial charge is 0.387 e. The van der Waals surface area contributed by atoms with Crippen molar-refractivity contribution in [3.63, 3.8) is 0 Å². The maximum absolute atomic E-state index is 11.8. The fraction of sp³-hybridized carbons (Fsp3) is 0.462. The lowest BCUT2D eigenvalue weighted by molar-refractivity contribution is -0.123. The molecule has 0 saturated carbocycles. The maximum atomic E-state index is 11.8. The Hall–Kier alpha value is -1.43. The van der Waals surface area contributed by atoms with Gasteiger partial charge in [-0.2, -0.15) is 0 Å². The smallest absolute Gasteiger partial charge is 0.237 e. The Kier molecular flexibility index (Phi) is 4.30. The van der Waals surface area contributed by atoms with Crippen molar-refractivity contribution < 1.29 is 9.90 Å². The molecule has 3 unspecified atom stereocenters. The third-order valence-corrected chi connectivity index (χ3v) is 3.14. The summed E-state index contributed by atoms with van der Waals surface area (Å²) in [6.07, 6.45) is -0.0296. The molecule has 5 nitrogen and oxygen atoms in total. The van der Waals surface area contributed by atoms with Crippen LogP contribution in [0, 0.1) is 0 Å². The molecule has 5 heteroatoms. The molecule has 1 saturated heterocycles. The van der Waals surface area contributed by atoms with E-state index in [9.17, 15) is 9.90 Å². The quantitative estimate of drug-likeness (QED) is 0.581. The highest BCUT2D eigenvalue weighted by Crippen LogP contribution is 2.11. The lowest BCUT2D eigenvalue weighted by atomic mass is 10.1. The SMILES string of the molecule is NC1CNC(C(=O)NCC(O)c2ccccc2)C1. The number of nitrogens with two attached hydrogens (primary N) is 1. The minimum atomic E-state index is -0.676. The van der Waals surface area contributed by atoms with Crippen LogP contribution in [0.25, 0.3) is 0 Å². The lowest BCUT2D eigenvalue weighted by Crippen LogP contribution is -2.41. The third-order valence-electron chi connectivity index (χ3n) is 3.14. The Morgan fingerprint density at radius 1 is 1.50 bits per heavy atom. The predicted octanol–water partition coefficient (Wildman–Crippen LogP) is -0.475. The number of nitrogens with one attached hydrogen (secondary N) is 2. The van der Waals surface area contributed by atoms with Gasteiger partial charge < -0.3 is 21.5 Å². The summed E-state index contributed by atoms with van der Waals surface area (Å²) >= 11 is 0. The number of hydrogen-bond donors (Lipinski definition) is 4. The topological polar surface area (TPSA) is 87.4 Å². The summed E-state index contributed by atoms with van der Waals surface area (Å²) in [5.74, 6) is -0.0991. The van der Waals surface area contributed by atoms with Crippen LogP contribution < -0.4 is 16.4 Å². The van der Waals surface area contributed by atoms with Gasteiger partial charge in [-0.1, -0.05) is 30.3 Å². The summed E-state index contributed by atoms with van der Waals surface area (Å²) in [7, 11) is 0. The summed E-state index contributed by atoms with van der Waals surface area (Å²) in [6.45, 7) is 0.885. The van der Waals surface area contributed by atoms with Crippen molar-refractivity contribution in [1.82, 2.24) is 10.6 Å². The normalized spacial score (nSPS) is 24.8. The van der Waals surface area contributed by atoms with E-state index in [1.165, 1.54) is 0 Å². The van der Waals surface area contributed by atoms with Gasteiger partial charge in [0.05, 0.1) is 12.1 Å². The lowest BCUT2D eigenvalue weighted by Gasteiger charge is -2.15. The number of rotatable bonds is 4. The van der Waals surface area contributed by atoms with Crippen LogP contribution in [0.4, 0.5) is 0 Å². The van der Waals surface area contributed by atoms with Crippen molar-refractivity contribution in [2.75, 3.05) is 13.1 Å². The molecule has 0 aliphatic carbocycles. The van der Waals surface area contributed by atoms with Gasteiger partial charge in [0.25, 0.3) is 0 Å². The summed E-state index contributed by atoms with van der Waals surface area (Å²) in [5.41, 5.74) is 6.52. The second-order valence-corrected chi connectivity index (χ2v) is 4.63. The molecule has 1 amide bonds. The molecule has 1 heterocycles. The Bertz CT molecular complexity index is 396. The van der Waals surface area contributed by atoms with Crippen LogP contribution >= 0.6 is 0 Å². The molecule has 3 atom stereocenters. The van der Waals surface area contributed by atoms with E-state index in [1.54, 1.807) is 0 Å². The average molecular weight is 249 g/mol. The van der Waals surface area contributed by atoms with Crippen molar-refractivity contribution in [3.05, 3.63) is 35.9 Å². The van der Waals surface area contributed by atoms with E-state index in [-0.39, 0.29) is 24.5 Å². The highest BCUT2D eigenvalue weighted by molar-refractivity contribution is 5.82. The zero-order valence-electron chi connectivity index (χ0n) is 10.2. The summed E-state index contributed by atoms with van der Waals surface area (Å²) in [4.78, 5) is 11.8. The second-order valence-electron chi connectivity index (χ2n) is 4.63. The van der Waals surface area contributed by atoms with Gasteiger partial charge in [-0.25, -0.2) is 0 Å². The van der Waals surface area contributed by atoms with Gasteiger partial charge in [-0.05, 0) is 12.0 Å². The molecule has 0 aromatic heterocycles. The number of carbonyl (C=O) groups is 1. The zero-order chi connectivity index (χ0) is 13.0. The molecular weight excluding hydrogens is 230 g/mol. The Morgan fingerprint density at radius 2 is 2.22 bits per heavy atom. The molecule has 1 aromatic rings. The van der Waals surface area contributed by atoms with Crippen molar-refractivity contribution in [3.8, 4) is 0 Å². The van der Waals surface area contributed by atoms with Gasteiger partial charge in [-0.3, -0.25) is 4.79 Å². The van der Waals surface area contributed by atoms with Gasteiger partial charge in [0.15, 0.2) is 0 Å². The van der Waals surface area contributed by atoms with Crippen LogP contribution in [-0.2, 0) is 4.79 Å². The van der Waals surface area contributed by atoms with E-state index in [2.05, 4.69) is 10.6 Å². The second kappa shape index (κ2) is 5.95. The summed E-state index contributed by atoms with van der Waals surface area (Å²) in [5, 5.41) is 15.7. The van der Waals surface area contributed by atoms with E-state index in [0.717, 1.165) is 5.56 Å². The number of hydrogen-bond acceptors (Lipinski definition) is 4. The van der Waals surface area contributed by atoms with Crippen molar-refractivity contribution in [2.24, 2.45) is 5.73 Å². The van der Waals surface area contributed by atoms with E-state index in [1.807, 2.05) is 30.3 Å². The highest BCUT2D eigenvalue weighted by Gasteiger charge is 2.27. The van der Waals surface area contributed by atoms with Crippen LogP contribution in [-0.4, -0.2) is 36.2 Å². The predicted molar refractivity (Wildman–Crippen MR) is 68.8 cm³/mol. The summed E-state index contributed by atoms with van der Waals surface area (Å²) in [6, 6.07) is 9.08. The first-order valence-corrected chi connectivity index (χ1v) is 6.16. The van der Waals surface area contributed by atoms with Gasteiger partial charge in [0.1, 0.15) is 0 Å². The van der Waals surface area contributed by atoms with Crippen LogP contribution in [0.3, 0.4) is 0 Å². The molecule has 18 heavy (non-hydrogen) atoms. The zero-order valence-corrected chi connectivity index (χ0v) is 10.2. The highest BCUT2D eigenvalue weighted by atomic mass is 16.3. The minimum absolute atomic E-state index is 0.0415. The number of carbonyl (C=O) groups excluding carboxylic acids is 1. The first kappa shape index (κ1) is 13.0. The molecule has 0 radical (unpaired) electrons. The van der Waals surface area contributed by atoms with Gasteiger partial charge in [0.2, 0.25) is 5.91 Å². The summed E-state index contributed by atoms with van der Waals surface area (Å²) < 4.78 is 0. The molecule has 1 aliphatic rings. The van der Waals surface area contributed by atoms with Gasteiger partial charge in [-0.15, -0.1) is 0 Å². The molecule has 0 bridgehead atoms. The molecule has 1 aliphatic heterocycles. The van der Waals surface area contributed by atoms with Crippen LogP contribution in [0.15, 0.2) is 30.3 Å². The standard InChI is InChI=1S/C13H19N3O2/c14-10-6-11(15-7-10)13(18)16-8-12(17)9-4-2-1-3-5-9/h1-5,10-12,15,17H,6-8,14H2,(H,16,18).